The molecule has 4 rings (SSSR count). The molecule has 1 heterocycles. The summed E-state index contributed by atoms with van der Waals surface area (Å²) in [7, 11) is 0. The standard InChI is InChI=1S/C24H18ClNO3/c1-15-7-9-17(10-8-15)22(27)20-21(16-11-13-18(25)14-12-16)26(24(29)23(20)28)19-5-3-2-4-6-19/h2-14,21,27H,1H3/b22-20+. The first-order valence-corrected chi connectivity index (χ1v) is 9.53. The molecule has 144 valence electrons. The molecule has 5 heteroatoms. The van der Waals surface area contributed by atoms with E-state index in [4.69, 9.17) is 11.6 Å². The van der Waals surface area contributed by atoms with E-state index in [-0.39, 0.29) is 11.3 Å². The lowest BCUT2D eigenvalue weighted by Gasteiger charge is -2.25. The van der Waals surface area contributed by atoms with E-state index in [9.17, 15) is 14.7 Å². The maximum absolute atomic E-state index is 13.0. The van der Waals surface area contributed by atoms with Crippen LogP contribution in [0.1, 0.15) is 22.7 Å². The molecule has 1 amide bonds. The predicted octanol–water partition coefficient (Wildman–Crippen LogP) is 5.27. The van der Waals surface area contributed by atoms with Crippen molar-refractivity contribution in [3.8, 4) is 0 Å². The maximum Gasteiger partial charge on any atom is 0.300 e. The monoisotopic (exact) mass is 403 g/mol. The van der Waals surface area contributed by atoms with Gasteiger partial charge in [0.1, 0.15) is 5.76 Å². The van der Waals surface area contributed by atoms with Crippen molar-refractivity contribution in [2.75, 3.05) is 4.90 Å². The number of hydrogen-bond acceptors (Lipinski definition) is 3. The summed E-state index contributed by atoms with van der Waals surface area (Å²) in [5.41, 5.74) is 2.84. The van der Waals surface area contributed by atoms with E-state index >= 15 is 0 Å². The van der Waals surface area contributed by atoms with Crippen molar-refractivity contribution in [1.29, 1.82) is 0 Å². The van der Waals surface area contributed by atoms with Crippen LogP contribution in [-0.4, -0.2) is 16.8 Å². The number of aliphatic hydroxyl groups is 1. The summed E-state index contributed by atoms with van der Waals surface area (Å²) in [5, 5.41) is 11.5. The Morgan fingerprint density at radius 1 is 0.897 bits per heavy atom. The number of ketones is 1. The number of amides is 1. The Morgan fingerprint density at radius 2 is 1.52 bits per heavy atom. The summed E-state index contributed by atoms with van der Waals surface area (Å²) in [4.78, 5) is 27.4. The number of carbonyl (C=O) groups is 2. The maximum atomic E-state index is 13.0. The number of benzene rings is 3. The van der Waals surface area contributed by atoms with Crippen molar-refractivity contribution >= 4 is 34.7 Å². The summed E-state index contributed by atoms with van der Waals surface area (Å²) in [6.45, 7) is 1.94. The highest BCUT2D eigenvalue weighted by Gasteiger charge is 2.46. The summed E-state index contributed by atoms with van der Waals surface area (Å²) in [5.74, 6) is -1.58. The molecule has 1 aliphatic rings. The molecule has 0 spiro atoms. The van der Waals surface area contributed by atoms with E-state index in [2.05, 4.69) is 0 Å². The Hall–Kier alpha value is -3.37. The van der Waals surface area contributed by atoms with Gasteiger partial charge in [-0.3, -0.25) is 14.5 Å². The summed E-state index contributed by atoms with van der Waals surface area (Å²) < 4.78 is 0. The molecule has 3 aromatic rings. The number of anilines is 1. The SMILES string of the molecule is Cc1ccc(/C(O)=C2\C(=O)C(=O)N(c3ccccc3)C2c2ccc(Cl)cc2)cc1. The Bertz CT molecular complexity index is 1100. The lowest BCUT2D eigenvalue weighted by Crippen LogP contribution is -2.29. The summed E-state index contributed by atoms with van der Waals surface area (Å²) in [6, 6.07) is 22.3. The zero-order valence-corrected chi connectivity index (χ0v) is 16.4. The van der Waals surface area contributed by atoms with Gasteiger partial charge in [-0.2, -0.15) is 0 Å². The summed E-state index contributed by atoms with van der Waals surface area (Å²) >= 11 is 6.03. The fraction of sp³-hybridized carbons (Fsp3) is 0.0833. The van der Waals surface area contributed by atoms with Gasteiger partial charge in [0.25, 0.3) is 11.7 Å². The highest BCUT2D eigenvalue weighted by Crippen LogP contribution is 2.42. The van der Waals surface area contributed by atoms with Crippen molar-refractivity contribution in [1.82, 2.24) is 0 Å². The molecule has 0 aliphatic carbocycles. The molecule has 1 atom stereocenters. The van der Waals surface area contributed by atoms with Crippen LogP contribution >= 0.6 is 11.6 Å². The molecule has 4 nitrogen and oxygen atoms in total. The first-order valence-electron chi connectivity index (χ1n) is 9.16. The number of halogens is 1. The third kappa shape index (κ3) is 3.43. The average molecular weight is 404 g/mol. The van der Waals surface area contributed by atoms with Crippen LogP contribution in [0.25, 0.3) is 5.76 Å². The van der Waals surface area contributed by atoms with Crippen LogP contribution in [0.3, 0.4) is 0 Å². The highest BCUT2D eigenvalue weighted by atomic mass is 35.5. The number of rotatable bonds is 3. The minimum absolute atomic E-state index is 0.0602. The smallest absolute Gasteiger partial charge is 0.300 e. The first kappa shape index (κ1) is 19.0. The van der Waals surface area contributed by atoms with E-state index in [1.165, 1.54) is 4.90 Å². The number of carbonyl (C=O) groups excluding carboxylic acids is 2. The molecule has 1 fully saturated rings. The predicted molar refractivity (Wildman–Crippen MR) is 114 cm³/mol. The fourth-order valence-electron chi connectivity index (χ4n) is 3.51. The fourth-order valence-corrected chi connectivity index (χ4v) is 3.64. The van der Waals surface area contributed by atoms with E-state index < -0.39 is 17.7 Å². The van der Waals surface area contributed by atoms with Crippen LogP contribution in [0.4, 0.5) is 5.69 Å². The van der Waals surface area contributed by atoms with Crippen LogP contribution < -0.4 is 4.90 Å². The van der Waals surface area contributed by atoms with Crippen LogP contribution in [0.5, 0.6) is 0 Å². The summed E-state index contributed by atoms with van der Waals surface area (Å²) in [6.07, 6.45) is 0. The number of nitrogens with zero attached hydrogens (tertiary/aromatic N) is 1. The number of aliphatic hydroxyl groups excluding tert-OH is 1. The molecular weight excluding hydrogens is 386 g/mol. The zero-order valence-electron chi connectivity index (χ0n) is 15.7. The molecule has 1 unspecified atom stereocenters. The van der Waals surface area contributed by atoms with Crippen molar-refractivity contribution in [3.05, 3.63) is 106 Å². The van der Waals surface area contributed by atoms with Gasteiger partial charge in [-0.1, -0.05) is 71.8 Å². The second kappa shape index (κ2) is 7.57. The second-order valence-electron chi connectivity index (χ2n) is 6.92. The van der Waals surface area contributed by atoms with Gasteiger partial charge in [-0.15, -0.1) is 0 Å². The van der Waals surface area contributed by atoms with Gasteiger partial charge in [-0.05, 0) is 36.8 Å². The number of hydrogen-bond donors (Lipinski definition) is 1. The minimum Gasteiger partial charge on any atom is -0.507 e. The third-order valence-electron chi connectivity index (χ3n) is 4.99. The lowest BCUT2D eigenvalue weighted by atomic mass is 9.95. The van der Waals surface area contributed by atoms with Crippen molar-refractivity contribution in [3.63, 3.8) is 0 Å². The van der Waals surface area contributed by atoms with Crippen LogP contribution in [0.2, 0.25) is 5.02 Å². The third-order valence-corrected chi connectivity index (χ3v) is 5.24. The van der Waals surface area contributed by atoms with E-state index in [1.54, 1.807) is 60.7 Å². The van der Waals surface area contributed by atoms with Gasteiger partial charge in [0.15, 0.2) is 0 Å². The van der Waals surface area contributed by atoms with Crippen LogP contribution in [0, 0.1) is 6.92 Å². The Morgan fingerprint density at radius 3 is 2.14 bits per heavy atom. The molecule has 1 aliphatic heterocycles. The van der Waals surface area contributed by atoms with Gasteiger partial charge < -0.3 is 5.11 Å². The number of para-hydroxylation sites is 1. The molecule has 0 saturated carbocycles. The van der Waals surface area contributed by atoms with E-state index in [0.717, 1.165) is 5.56 Å². The molecule has 0 aromatic heterocycles. The normalized spacial score (nSPS) is 18.3. The Kier molecular flexibility index (Phi) is 4.95. The molecule has 1 N–H and O–H groups in total. The minimum atomic E-state index is -0.754. The Labute approximate surface area is 173 Å². The second-order valence-corrected chi connectivity index (χ2v) is 7.36. The van der Waals surface area contributed by atoms with Crippen LogP contribution in [-0.2, 0) is 9.59 Å². The van der Waals surface area contributed by atoms with Gasteiger partial charge in [0.05, 0.1) is 11.6 Å². The number of Topliss-reactive ketones (excluding diaryl/α,β-unsaturated/α-hetero) is 1. The average Bonchev–Trinajstić information content (AvgIpc) is 3.00. The van der Waals surface area contributed by atoms with Gasteiger partial charge in [-0.25, -0.2) is 0 Å². The largest absolute Gasteiger partial charge is 0.507 e. The number of aryl methyl sites for hydroxylation is 1. The van der Waals surface area contributed by atoms with E-state index in [1.807, 2.05) is 25.1 Å². The molecule has 0 radical (unpaired) electrons. The van der Waals surface area contributed by atoms with E-state index in [0.29, 0.717) is 21.8 Å². The molecular formula is C24H18ClNO3. The van der Waals surface area contributed by atoms with Gasteiger partial charge in [0.2, 0.25) is 0 Å². The van der Waals surface area contributed by atoms with Crippen molar-refractivity contribution < 1.29 is 14.7 Å². The highest BCUT2D eigenvalue weighted by molar-refractivity contribution is 6.51. The quantitative estimate of drug-likeness (QED) is 0.368. The van der Waals surface area contributed by atoms with Gasteiger partial charge >= 0.3 is 0 Å². The molecule has 0 bridgehead atoms. The lowest BCUT2D eigenvalue weighted by molar-refractivity contribution is -0.132. The first-order chi connectivity index (χ1) is 14.0. The van der Waals surface area contributed by atoms with Gasteiger partial charge in [0, 0.05) is 16.3 Å². The Balaban J connectivity index is 1.94. The van der Waals surface area contributed by atoms with Crippen molar-refractivity contribution in [2.45, 2.75) is 13.0 Å². The molecule has 1 saturated heterocycles. The topological polar surface area (TPSA) is 57.6 Å². The van der Waals surface area contributed by atoms with Crippen LogP contribution in [0.15, 0.2) is 84.4 Å². The zero-order chi connectivity index (χ0) is 20.5. The molecule has 3 aromatic carbocycles. The molecule has 29 heavy (non-hydrogen) atoms. The van der Waals surface area contributed by atoms with Crippen molar-refractivity contribution in [2.24, 2.45) is 0 Å².